The second-order valence-electron chi connectivity index (χ2n) is 4.69. The number of thioether (sulfide) groups is 1. The van der Waals surface area contributed by atoms with E-state index in [9.17, 15) is 4.79 Å². The SMILES string of the molecule is CCC1CN(C(=O)/C=C/c2ccc(N)cc2)CCS1. The summed E-state index contributed by atoms with van der Waals surface area (Å²) in [7, 11) is 0. The number of nitrogens with two attached hydrogens (primary N) is 1. The van der Waals surface area contributed by atoms with Gasteiger partial charge in [-0.1, -0.05) is 19.1 Å². The third-order valence-electron chi connectivity index (χ3n) is 3.26. The third kappa shape index (κ3) is 4.03. The number of anilines is 1. The number of nitrogen functional groups attached to an aromatic ring is 1. The first-order valence-corrected chi connectivity index (χ1v) is 7.68. The molecular weight excluding hydrogens is 256 g/mol. The highest BCUT2D eigenvalue weighted by atomic mass is 32.2. The first-order valence-electron chi connectivity index (χ1n) is 6.63. The monoisotopic (exact) mass is 276 g/mol. The van der Waals surface area contributed by atoms with Gasteiger partial charge in [0.05, 0.1) is 0 Å². The van der Waals surface area contributed by atoms with Crippen molar-refractivity contribution in [1.82, 2.24) is 4.90 Å². The first-order chi connectivity index (χ1) is 9.19. The van der Waals surface area contributed by atoms with Crippen LogP contribution in [-0.4, -0.2) is 34.9 Å². The third-order valence-corrected chi connectivity index (χ3v) is 4.63. The number of benzene rings is 1. The van der Waals surface area contributed by atoms with E-state index >= 15 is 0 Å². The molecule has 1 unspecified atom stereocenters. The van der Waals surface area contributed by atoms with E-state index in [0.29, 0.717) is 5.25 Å². The Morgan fingerprint density at radius 2 is 2.21 bits per heavy atom. The minimum absolute atomic E-state index is 0.107. The van der Waals surface area contributed by atoms with Crippen molar-refractivity contribution in [3.05, 3.63) is 35.9 Å². The standard InChI is InChI=1S/C15H20N2OS/c1-2-14-11-17(9-10-19-14)15(18)8-5-12-3-6-13(16)7-4-12/h3-8,14H,2,9-11,16H2,1H3/b8-5+. The van der Waals surface area contributed by atoms with Crippen LogP contribution in [0.15, 0.2) is 30.3 Å². The average molecular weight is 276 g/mol. The van der Waals surface area contributed by atoms with Crippen LogP contribution in [0.5, 0.6) is 0 Å². The maximum absolute atomic E-state index is 12.1. The number of nitrogens with zero attached hydrogens (tertiary/aromatic N) is 1. The molecule has 0 bridgehead atoms. The Labute approximate surface area is 118 Å². The van der Waals surface area contributed by atoms with Crippen LogP contribution in [0.3, 0.4) is 0 Å². The van der Waals surface area contributed by atoms with Crippen LogP contribution in [0.4, 0.5) is 5.69 Å². The molecule has 2 N–H and O–H groups in total. The quantitative estimate of drug-likeness (QED) is 0.682. The smallest absolute Gasteiger partial charge is 0.246 e. The van der Waals surface area contributed by atoms with Crippen molar-refractivity contribution in [1.29, 1.82) is 0 Å². The predicted octanol–water partition coefficient (Wildman–Crippen LogP) is 2.64. The summed E-state index contributed by atoms with van der Waals surface area (Å²) < 4.78 is 0. The Morgan fingerprint density at radius 3 is 2.89 bits per heavy atom. The van der Waals surface area contributed by atoms with Crippen molar-refractivity contribution < 1.29 is 4.79 Å². The predicted molar refractivity (Wildman–Crippen MR) is 83.0 cm³/mol. The zero-order valence-electron chi connectivity index (χ0n) is 11.2. The summed E-state index contributed by atoms with van der Waals surface area (Å²) in [5, 5.41) is 0.586. The van der Waals surface area contributed by atoms with Crippen molar-refractivity contribution in [3.8, 4) is 0 Å². The van der Waals surface area contributed by atoms with Gasteiger partial charge >= 0.3 is 0 Å². The molecule has 1 aliphatic rings. The summed E-state index contributed by atoms with van der Waals surface area (Å²) in [5.41, 5.74) is 7.37. The van der Waals surface area contributed by atoms with Crippen molar-refractivity contribution in [2.45, 2.75) is 18.6 Å². The lowest BCUT2D eigenvalue weighted by Crippen LogP contribution is -2.40. The van der Waals surface area contributed by atoms with E-state index in [4.69, 9.17) is 5.73 Å². The van der Waals surface area contributed by atoms with Crippen molar-refractivity contribution in [2.24, 2.45) is 0 Å². The topological polar surface area (TPSA) is 46.3 Å². The molecule has 1 aliphatic heterocycles. The van der Waals surface area contributed by atoms with Gasteiger partial charge < -0.3 is 10.6 Å². The normalized spacial score (nSPS) is 19.8. The summed E-state index contributed by atoms with van der Waals surface area (Å²) in [5.74, 6) is 1.15. The summed E-state index contributed by atoms with van der Waals surface area (Å²) >= 11 is 1.97. The van der Waals surface area contributed by atoms with Gasteiger partial charge in [-0.25, -0.2) is 0 Å². The highest BCUT2D eigenvalue weighted by molar-refractivity contribution is 8.00. The molecule has 0 spiro atoms. The number of hydrogen-bond acceptors (Lipinski definition) is 3. The molecule has 1 fully saturated rings. The zero-order valence-corrected chi connectivity index (χ0v) is 12.0. The molecule has 0 aliphatic carbocycles. The summed E-state index contributed by atoms with van der Waals surface area (Å²) in [4.78, 5) is 14.0. The van der Waals surface area contributed by atoms with Gasteiger partial charge in [-0.05, 0) is 30.2 Å². The van der Waals surface area contributed by atoms with E-state index in [1.807, 2.05) is 47.0 Å². The Bertz CT molecular complexity index is 456. The van der Waals surface area contributed by atoms with Gasteiger partial charge in [0.2, 0.25) is 5.91 Å². The van der Waals surface area contributed by atoms with Crippen LogP contribution in [0.2, 0.25) is 0 Å². The number of carbonyl (C=O) groups is 1. The highest BCUT2D eigenvalue weighted by Gasteiger charge is 2.21. The number of hydrogen-bond donors (Lipinski definition) is 1. The molecule has 1 heterocycles. The van der Waals surface area contributed by atoms with Crippen molar-refractivity contribution >= 4 is 29.4 Å². The molecule has 0 radical (unpaired) electrons. The highest BCUT2D eigenvalue weighted by Crippen LogP contribution is 2.21. The Kier molecular flexibility index (Phi) is 4.91. The largest absolute Gasteiger partial charge is 0.399 e. The van der Waals surface area contributed by atoms with Crippen LogP contribution >= 0.6 is 11.8 Å². The molecule has 1 aromatic rings. The molecule has 3 nitrogen and oxygen atoms in total. The van der Waals surface area contributed by atoms with E-state index in [1.54, 1.807) is 6.08 Å². The van der Waals surface area contributed by atoms with Gasteiger partial charge in [0.1, 0.15) is 0 Å². The lowest BCUT2D eigenvalue weighted by molar-refractivity contribution is -0.125. The van der Waals surface area contributed by atoms with Crippen LogP contribution in [-0.2, 0) is 4.79 Å². The van der Waals surface area contributed by atoms with E-state index in [1.165, 1.54) is 0 Å². The molecule has 1 saturated heterocycles. The van der Waals surface area contributed by atoms with Crippen LogP contribution in [0.1, 0.15) is 18.9 Å². The second-order valence-corrected chi connectivity index (χ2v) is 6.09. The van der Waals surface area contributed by atoms with Gasteiger partial charge in [0.15, 0.2) is 0 Å². The molecule has 4 heteroatoms. The van der Waals surface area contributed by atoms with Crippen LogP contribution < -0.4 is 5.73 Å². The molecule has 2 rings (SSSR count). The maximum Gasteiger partial charge on any atom is 0.246 e. The van der Waals surface area contributed by atoms with Crippen molar-refractivity contribution in [3.63, 3.8) is 0 Å². The summed E-state index contributed by atoms with van der Waals surface area (Å²) in [6.45, 7) is 3.90. The number of rotatable bonds is 3. The Balaban J connectivity index is 1.94. The fourth-order valence-electron chi connectivity index (χ4n) is 2.05. The molecular formula is C15H20N2OS. The van der Waals surface area contributed by atoms with Gasteiger partial charge in [-0.3, -0.25) is 4.79 Å². The summed E-state index contributed by atoms with van der Waals surface area (Å²) in [6.07, 6.45) is 4.63. The molecule has 1 aromatic carbocycles. The van der Waals surface area contributed by atoms with E-state index < -0.39 is 0 Å². The fraction of sp³-hybridized carbons (Fsp3) is 0.400. The van der Waals surface area contributed by atoms with E-state index in [2.05, 4.69) is 6.92 Å². The lowest BCUT2D eigenvalue weighted by atomic mass is 10.2. The van der Waals surface area contributed by atoms with Gasteiger partial charge in [-0.2, -0.15) is 11.8 Å². The first kappa shape index (κ1) is 14.0. The Hall–Kier alpha value is -1.42. The number of amides is 1. The second kappa shape index (κ2) is 6.66. The average Bonchev–Trinajstić information content (AvgIpc) is 2.46. The fourth-order valence-corrected chi connectivity index (χ4v) is 3.23. The molecule has 1 atom stereocenters. The molecule has 102 valence electrons. The zero-order chi connectivity index (χ0) is 13.7. The number of carbonyl (C=O) groups excluding carboxylic acids is 1. The van der Waals surface area contributed by atoms with E-state index in [-0.39, 0.29) is 5.91 Å². The Morgan fingerprint density at radius 1 is 1.47 bits per heavy atom. The minimum atomic E-state index is 0.107. The van der Waals surface area contributed by atoms with Crippen molar-refractivity contribution in [2.75, 3.05) is 24.6 Å². The van der Waals surface area contributed by atoms with Crippen LogP contribution in [0, 0.1) is 0 Å². The van der Waals surface area contributed by atoms with Gasteiger partial charge in [-0.15, -0.1) is 0 Å². The minimum Gasteiger partial charge on any atom is -0.399 e. The molecule has 19 heavy (non-hydrogen) atoms. The van der Waals surface area contributed by atoms with Gasteiger partial charge in [0, 0.05) is 35.9 Å². The lowest BCUT2D eigenvalue weighted by Gasteiger charge is -2.31. The maximum atomic E-state index is 12.1. The molecule has 1 amide bonds. The molecule has 0 saturated carbocycles. The van der Waals surface area contributed by atoms with Crippen LogP contribution in [0.25, 0.3) is 6.08 Å². The summed E-state index contributed by atoms with van der Waals surface area (Å²) in [6, 6.07) is 7.52. The van der Waals surface area contributed by atoms with Gasteiger partial charge in [0.25, 0.3) is 0 Å². The van der Waals surface area contributed by atoms with E-state index in [0.717, 1.165) is 36.5 Å². The molecule has 0 aromatic heterocycles.